The Morgan fingerprint density at radius 2 is 2.33 bits per heavy atom. The van der Waals surface area contributed by atoms with Crippen LogP contribution in [0.4, 0.5) is 0 Å². The number of hydrogen-bond acceptors (Lipinski definition) is 2. The van der Waals surface area contributed by atoms with Crippen molar-refractivity contribution in [3.05, 3.63) is 35.7 Å². The van der Waals surface area contributed by atoms with E-state index in [1.807, 2.05) is 13.1 Å². The Morgan fingerprint density at radius 3 is 3.07 bits per heavy atom. The van der Waals surface area contributed by atoms with Gasteiger partial charge in [0.15, 0.2) is 0 Å². The van der Waals surface area contributed by atoms with Crippen molar-refractivity contribution in [2.75, 3.05) is 6.54 Å². The van der Waals surface area contributed by atoms with Crippen molar-refractivity contribution in [1.82, 2.24) is 10.3 Å². The second-order valence-electron chi connectivity index (χ2n) is 4.60. The number of fused-ring (bicyclic) bond motifs is 1. The van der Waals surface area contributed by atoms with Gasteiger partial charge in [0.2, 0.25) is 0 Å². The lowest BCUT2D eigenvalue weighted by Crippen LogP contribution is -2.22. The van der Waals surface area contributed by atoms with Crippen molar-refractivity contribution in [2.45, 2.75) is 25.8 Å². The van der Waals surface area contributed by atoms with Crippen molar-refractivity contribution < 1.29 is 0 Å². The maximum atomic E-state index is 4.36. The van der Waals surface area contributed by atoms with Crippen LogP contribution in [0, 0.1) is 12.8 Å². The molecule has 1 aliphatic heterocycles. The molecule has 0 bridgehead atoms. The zero-order valence-electron chi connectivity index (χ0n) is 9.03. The van der Waals surface area contributed by atoms with Crippen LogP contribution in [0.3, 0.4) is 0 Å². The molecule has 1 aromatic rings. The molecule has 2 heteroatoms. The van der Waals surface area contributed by atoms with Crippen LogP contribution in [0.2, 0.25) is 0 Å². The zero-order chi connectivity index (χ0) is 10.3. The van der Waals surface area contributed by atoms with E-state index in [4.69, 9.17) is 0 Å². The van der Waals surface area contributed by atoms with Crippen LogP contribution in [-0.2, 0) is 0 Å². The van der Waals surface area contributed by atoms with E-state index in [2.05, 4.69) is 28.5 Å². The maximum absolute atomic E-state index is 4.36. The minimum atomic E-state index is 0.696. The minimum Gasteiger partial charge on any atom is -0.313 e. The summed E-state index contributed by atoms with van der Waals surface area (Å²) in [7, 11) is 0. The molecule has 2 atom stereocenters. The Morgan fingerprint density at radius 1 is 1.40 bits per heavy atom. The third-order valence-electron chi connectivity index (χ3n) is 3.54. The van der Waals surface area contributed by atoms with Gasteiger partial charge in [0.1, 0.15) is 0 Å². The van der Waals surface area contributed by atoms with E-state index in [1.165, 1.54) is 30.5 Å². The number of rotatable bonds is 1. The average molecular weight is 200 g/mol. The Labute approximate surface area is 90.4 Å². The zero-order valence-corrected chi connectivity index (χ0v) is 9.03. The average Bonchev–Trinajstić information content (AvgIpc) is 2.78. The van der Waals surface area contributed by atoms with E-state index in [-0.39, 0.29) is 0 Å². The molecular weight excluding hydrogens is 184 g/mol. The van der Waals surface area contributed by atoms with Crippen molar-refractivity contribution in [1.29, 1.82) is 0 Å². The Balaban J connectivity index is 1.87. The first-order valence-electron chi connectivity index (χ1n) is 5.70. The van der Waals surface area contributed by atoms with Gasteiger partial charge in [0.25, 0.3) is 0 Å². The van der Waals surface area contributed by atoms with Gasteiger partial charge in [-0.15, -0.1) is 0 Å². The number of aryl methyl sites for hydroxylation is 1. The number of aromatic nitrogens is 1. The molecule has 1 fully saturated rings. The summed E-state index contributed by atoms with van der Waals surface area (Å²) in [5, 5.41) is 3.56. The molecule has 2 aliphatic rings. The molecular formula is C13H16N2. The molecule has 1 saturated heterocycles. The van der Waals surface area contributed by atoms with Gasteiger partial charge in [0.05, 0.1) is 0 Å². The molecule has 0 unspecified atom stereocenters. The second kappa shape index (κ2) is 3.46. The quantitative estimate of drug-likeness (QED) is 0.751. The molecule has 1 N–H and O–H groups in total. The fourth-order valence-corrected chi connectivity index (χ4v) is 2.65. The summed E-state index contributed by atoms with van der Waals surface area (Å²) in [6.07, 6.45) is 6.92. The Hall–Kier alpha value is -1.15. The number of pyridine rings is 1. The lowest BCUT2D eigenvalue weighted by atomic mass is 10.1. The molecule has 2 heterocycles. The first-order chi connectivity index (χ1) is 7.33. The summed E-state index contributed by atoms with van der Waals surface area (Å²) in [4.78, 5) is 4.36. The molecule has 0 aromatic carbocycles. The van der Waals surface area contributed by atoms with Crippen molar-refractivity contribution in [3.63, 3.8) is 0 Å². The predicted molar refractivity (Wildman–Crippen MR) is 61.5 cm³/mol. The van der Waals surface area contributed by atoms with Gasteiger partial charge >= 0.3 is 0 Å². The first-order valence-corrected chi connectivity index (χ1v) is 5.70. The van der Waals surface area contributed by atoms with Gasteiger partial charge < -0.3 is 5.32 Å². The van der Waals surface area contributed by atoms with Crippen molar-refractivity contribution in [3.8, 4) is 0 Å². The largest absolute Gasteiger partial charge is 0.313 e. The summed E-state index contributed by atoms with van der Waals surface area (Å²) in [6, 6.07) is 4.98. The lowest BCUT2D eigenvalue weighted by Gasteiger charge is -2.08. The highest BCUT2D eigenvalue weighted by Gasteiger charge is 2.31. The van der Waals surface area contributed by atoms with Crippen LogP contribution in [-0.4, -0.2) is 17.6 Å². The lowest BCUT2D eigenvalue weighted by molar-refractivity contribution is 0.563. The molecule has 1 aromatic heterocycles. The molecule has 0 radical (unpaired) electrons. The number of nitrogens with one attached hydrogen (secondary N) is 1. The van der Waals surface area contributed by atoms with Gasteiger partial charge in [-0.25, -0.2) is 0 Å². The molecule has 0 saturated carbocycles. The van der Waals surface area contributed by atoms with Gasteiger partial charge in [0, 0.05) is 17.9 Å². The van der Waals surface area contributed by atoms with Crippen LogP contribution < -0.4 is 5.32 Å². The number of nitrogens with zero attached hydrogens (tertiary/aromatic N) is 1. The van der Waals surface area contributed by atoms with Crippen molar-refractivity contribution in [2.24, 2.45) is 5.92 Å². The third kappa shape index (κ3) is 1.59. The SMILES string of the molecule is Cc1ccc(C2=C[C@H]3CCN[C@H]3C2)cn1. The van der Waals surface area contributed by atoms with Gasteiger partial charge in [-0.3, -0.25) is 4.98 Å². The molecule has 0 spiro atoms. The molecule has 0 amide bonds. The topological polar surface area (TPSA) is 24.9 Å². The summed E-state index contributed by atoms with van der Waals surface area (Å²) in [6.45, 7) is 3.22. The van der Waals surface area contributed by atoms with E-state index in [1.54, 1.807) is 0 Å². The third-order valence-corrected chi connectivity index (χ3v) is 3.54. The molecule has 2 nitrogen and oxygen atoms in total. The normalized spacial score (nSPS) is 29.0. The van der Waals surface area contributed by atoms with Crippen LogP contribution in [0.5, 0.6) is 0 Å². The van der Waals surface area contributed by atoms with Crippen LogP contribution in [0.1, 0.15) is 24.1 Å². The second-order valence-corrected chi connectivity index (χ2v) is 4.60. The highest BCUT2D eigenvalue weighted by Crippen LogP contribution is 2.35. The smallest absolute Gasteiger partial charge is 0.0373 e. The summed E-state index contributed by atoms with van der Waals surface area (Å²) in [5.74, 6) is 0.765. The summed E-state index contributed by atoms with van der Waals surface area (Å²) in [5.41, 5.74) is 3.87. The molecule has 78 valence electrons. The molecule has 3 rings (SSSR count). The van der Waals surface area contributed by atoms with E-state index >= 15 is 0 Å². The van der Waals surface area contributed by atoms with Crippen LogP contribution >= 0.6 is 0 Å². The van der Waals surface area contributed by atoms with E-state index in [9.17, 15) is 0 Å². The van der Waals surface area contributed by atoms with E-state index in [0.29, 0.717) is 6.04 Å². The molecule has 15 heavy (non-hydrogen) atoms. The fourth-order valence-electron chi connectivity index (χ4n) is 2.65. The Kier molecular flexibility index (Phi) is 2.10. The van der Waals surface area contributed by atoms with Crippen molar-refractivity contribution >= 4 is 5.57 Å². The monoisotopic (exact) mass is 200 g/mol. The standard InChI is InChI=1S/C13H16N2/c1-9-2-3-11(8-15-9)12-6-10-4-5-14-13(10)7-12/h2-3,6,8,10,13-14H,4-5,7H2,1H3/t10-,13+/m1/s1. The van der Waals surface area contributed by atoms with Gasteiger partial charge in [-0.1, -0.05) is 12.1 Å². The maximum Gasteiger partial charge on any atom is 0.0373 e. The fraction of sp³-hybridized carbons (Fsp3) is 0.462. The minimum absolute atomic E-state index is 0.696. The van der Waals surface area contributed by atoms with Crippen LogP contribution in [0.15, 0.2) is 24.4 Å². The highest BCUT2D eigenvalue weighted by molar-refractivity contribution is 5.68. The Bertz CT molecular complexity index is 392. The predicted octanol–water partition coefficient (Wildman–Crippen LogP) is 2.16. The van der Waals surface area contributed by atoms with Gasteiger partial charge in [-0.05, 0) is 49.4 Å². The van der Waals surface area contributed by atoms with Gasteiger partial charge in [-0.2, -0.15) is 0 Å². The summed E-state index contributed by atoms with van der Waals surface area (Å²) >= 11 is 0. The molecule has 1 aliphatic carbocycles. The van der Waals surface area contributed by atoms with Crippen LogP contribution in [0.25, 0.3) is 5.57 Å². The first kappa shape index (κ1) is 9.10. The van der Waals surface area contributed by atoms with E-state index in [0.717, 1.165) is 11.6 Å². The summed E-state index contributed by atoms with van der Waals surface area (Å²) < 4.78 is 0. The highest BCUT2D eigenvalue weighted by atomic mass is 15.0. The number of hydrogen-bond donors (Lipinski definition) is 1. The van der Waals surface area contributed by atoms with E-state index < -0.39 is 0 Å².